The van der Waals surface area contributed by atoms with Crippen molar-refractivity contribution >= 4 is 11.9 Å². The van der Waals surface area contributed by atoms with Crippen molar-refractivity contribution < 1.29 is 14.7 Å². The normalized spacial score (nSPS) is 18.5. The molecule has 0 fully saturated rings. The molecule has 1 aliphatic carbocycles. The molecule has 0 heterocycles. The number of carbonyl (C=O) groups excluding carboxylic acids is 1. The van der Waals surface area contributed by atoms with Crippen molar-refractivity contribution in [2.75, 3.05) is 0 Å². The van der Waals surface area contributed by atoms with Crippen LogP contribution in [0.2, 0.25) is 0 Å². The molecule has 0 saturated carbocycles. The van der Waals surface area contributed by atoms with Crippen LogP contribution in [0.1, 0.15) is 6.42 Å². The molecule has 0 aromatic carbocycles. The van der Waals surface area contributed by atoms with E-state index >= 15 is 0 Å². The van der Waals surface area contributed by atoms with E-state index in [9.17, 15) is 9.59 Å². The molecule has 1 amide bonds. The summed E-state index contributed by atoms with van der Waals surface area (Å²) >= 11 is 0. The van der Waals surface area contributed by atoms with Gasteiger partial charge in [-0.1, -0.05) is 12.2 Å². The highest BCUT2D eigenvalue weighted by molar-refractivity contribution is 5.98. The molecule has 0 aliphatic heterocycles. The lowest BCUT2D eigenvalue weighted by Crippen LogP contribution is -2.08. The Balaban J connectivity index is 3.00. The Bertz CT molecular complexity index is 337. The van der Waals surface area contributed by atoms with Crippen molar-refractivity contribution in [1.29, 1.82) is 0 Å². The average molecular weight is 178 g/mol. The molecule has 4 nitrogen and oxygen atoms in total. The average Bonchev–Trinajstić information content (AvgIpc) is 2.03. The molecule has 0 aromatic heterocycles. The standard InChI is InChI=1S/C9H8NO3/c10-9(13)7-4-2-1-3-6(7)5-8(11)12/h1-2,4-5,10H,3H2,(H,11,12). The van der Waals surface area contributed by atoms with E-state index in [0.29, 0.717) is 12.0 Å². The van der Waals surface area contributed by atoms with Gasteiger partial charge in [0.25, 0.3) is 5.91 Å². The van der Waals surface area contributed by atoms with E-state index in [1.165, 1.54) is 6.08 Å². The molecule has 4 heteroatoms. The highest BCUT2D eigenvalue weighted by Gasteiger charge is 2.13. The first-order chi connectivity index (χ1) is 6.11. The van der Waals surface area contributed by atoms with Gasteiger partial charge in [0, 0.05) is 11.6 Å². The molecule has 1 rings (SSSR count). The van der Waals surface area contributed by atoms with Crippen LogP contribution in [0.5, 0.6) is 0 Å². The predicted molar refractivity (Wildman–Crippen MR) is 45.7 cm³/mol. The number of carbonyl (C=O) groups is 2. The zero-order valence-electron chi connectivity index (χ0n) is 6.78. The lowest BCUT2D eigenvalue weighted by Gasteiger charge is -2.07. The topological polar surface area (TPSA) is 78.2 Å². The summed E-state index contributed by atoms with van der Waals surface area (Å²) < 4.78 is 0. The second-order valence-electron chi connectivity index (χ2n) is 2.55. The highest BCUT2D eigenvalue weighted by Crippen LogP contribution is 2.19. The van der Waals surface area contributed by atoms with Crippen molar-refractivity contribution in [2.24, 2.45) is 0 Å². The van der Waals surface area contributed by atoms with Crippen molar-refractivity contribution in [2.45, 2.75) is 6.42 Å². The third-order valence-electron chi connectivity index (χ3n) is 1.63. The van der Waals surface area contributed by atoms with Gasteiger partial charge in [0.1, 0.15) is 0 Å². The predicted octanol–water partition coefficient (Wildman–Crippen LogP) is 0.693. The molecule has 67 valence electrons. The van der Waals surface area contributed by atoms with Crippen LogP contribution in [0.3, 0.4) is 0 Å². The third kappa shape index (κ3) is 2.30. The first-order valence-corrected chi connectivity index (χ1v) is 3.68. The molecule has 2 N–H and O–H groups in total. The summed E-state index contributed by atoms with van der Waals surface area (Å²) in [4.78, 5) is 21.1. The van der Waals surface area contributed by atoms with Gasteiger partial charge in [0.2, 0.25) is 0 Å². The number of nitrogens with one attached hydrogen (secondary N) is 1. The molecular weight excluding hydrogens is 170 g/mol. The Labute approximate surface area is 75.0 Å². The summed E-state index contributed by atoms with van der Waals surface area (Å²) in [7, 11) is 0. The molecule has 0 saturated heterocycles. The van der Waals surface area contributed by atoms with Crippen LogP contribution in [0.25, 0.3) is 0 Å². The molecule has 0 bridgehead atoms. The van der Waals surface area contributed by atoms with E-state index < -0.39 is 11.9 Å². The van der Waals surface area contributed by atoms with Gasteiger partial charge < -0.3 is 5.11 Å². The number of carboxylic acids is 1. The lowest BCUT2D eigenvalue weighted by molar-refractivity contribution is -0.131. The number of rotatable bonds is 2. The fourth-order valence-electron chi connectivity index (χ4n) is 1.08. The molecule has 13 heavy (non-hydrogen) atoms. The number of amides is 1. The number of hydrogen-bond acceptors (Lipinski definition) is 2. The summed E-state index contributed by atoms with van der Waals surface area (Å²) in [6.45, 7) is 0. The molecule has 1 aliphatic rings. The molecular formula is C9H8NO3. The van der Waals surface area contributed by atoms with Crippen LogP contribution in [-0.2, 0) is 9.59 Å². The zero-order chi connectivity index (χ0) is 9.84. The number of hydrogen-bond donors (Lipinski definition) is 1. The van der Waals surface area contributed by atoms with E-state index in [4.69, 9.17) is 10.8 Å². The van der Waals surface area contributed by atoms with Crippen molar-refractivity contribution in [3.05, 3.63) is 35.5 Å². The summed E-state index contributed by atoms with van der Waals surface area (Å²) in [6.07, 6.45) is 6.18. The van der Waals surface area contributed by atoms with Gasteiger partial charge in [-0.15, -0.1) is 0 Å². The number of allylic oxidation sites excluding steroid dienone is 3. The lowest BCUT2D eigenvalue weighted by atomic mass is 9.97. The fourth-order valence-corrected chi connectivity index (χ4v) is 1.08. The SMILES string of the molecule is [NH]C(=O)C1=CC=CCC1=CC(=O)O. The first kappa shape index (κ1) is 9.25. The van der Waals surface area contributed by atoms with Gasteiger partial charge in [-0.25, -0.2) is 4.79 Å². The van der Waals surface area contributed by atoms with Gasteiger partial charge in [-0.2, -0.15) is 0 Å². The maximum atomic E-state index is 10.7. The maximum absolute atomic E-state index is 10.7. The largest absolute Gasteiger partial charge is 0.478 e. The minimum Gasteiger partial charge on any atom is -0.478 e. The molecule has 0 atom stereocenters. The van der Waals surface area contributed by atoms with E-state index in [1.807, 2.05) is 0 Å². The number of aliphatic carboxylic acids is 1. The fraction of sp³-hybridized carbons (Fsp3) is 0.111. The van der Waals surface area contributed by atoms with Gasteiger partial charge in [0.05, 0.1) is 0 Å². The molecule has 0 spiro atoms. The van der Waals surface area contributed by atoms with Crippen LogP contribution in [0, 0.1) is 0 Å². The van der Waals surface area contributed by atoms with Crippen LogP contribution in [0.4, 0.5) is 0 Å². The third-order valence-corrected chi connectivity index (χ3v) is 1.63. The van der Waals surface area contributed by atoms with Crippen LogP contribution < -0.4 is 5.73 Å². The van der Waals surface area contributed by atoms with Crippen molar-refractivity contribution in [3.8, 4) is 0 Å². The summed E-state index contributed by atoms with van der Waals surface area (Å²) in [5.74, 6) is -1.95. The molecule has 0 aromatic rings. The Morgan fingerprint density at radius 3 is 2.77 bits per heavy atom. The van der Waals surface area contributed by atoms with Gasteiger partial charge in [0.15, 0.2) is 0 Å². The van der Waals surface area contributed by atoms with E-state index in [1.54, 1.807) is 12.2 Å². The Morgan fingerprint density at radius 1 is 1.54 bits per heavy atom. The maximum Gasteiger partial charge on any atom is 0.328 e. The van der Waals surface area contributed by atoms with Crippen molar-refractivity contribution in [3.63, 3.8) is 0 Å². The Morgan fingerprint density at radius 2 is 2.23 bits per heavy atom. The first-order valence-electron chi connectivity index (χ1n) is 3.68. The molecule has 0 unspecified atom stereocenters. The van der Waals surface area contributed by atoms with Crippen LogP contribution >= 0.6 is 0 Å². The minimum atomic E-state index is -1.10. The van der Waals surface area contributed by atoms with Crippen molar-refractivity contribution in [1.82, 2.24) is 5.73 Å². The Hall–Kier alpha value is -1.84. The monoisotopic (exact) mass is 178 g/mol. The summed E-state index contributed by atoms with van der Waals surface area (Å²) in [5.41, 5.74) is 7.41. The van der Waals surface area contributed by atoms with E-state index in [0.717, 1.165) is 6.08 Å². The second-order valence-corrected chi connectivity index (χ2v) is 2.55. The highest BCUT2D eigenvalue weighted by atomic mass is 16.4. The smallest absolute Gasteiger partial charge is 0.328 e. The van der Waals surface area contributed by atoms with E-state index in [-0.39, 0.29) is 5.57 Å². The Kier molecular flexibility index (Phi) is 2.64. The van der Waals surface area contributed by atoms with E-state index in [2.05, 4.69) is 0 Å². The van der Waals surface area contributed by atoms with Gasteiger partial charge in [-0.05, 0) is 18.1 Å². The second kappa shape index (κ2) is 3.71. The zero-order valence-corrected chi connectivity index (χ0v) is 6.78. The van der Waals surface area contributed by atoms with Gasteiger partial charge >= 0.3 is 5.97 Å². The van der Waals surface area contributed by atoms with Crippen LogP contribution in [-0.4, -0.2) is 17.0 Å². The van der Waals surface area contributed by atoms with Crippen LogP contribution in [0.15, 0.2) is 35.5 Å². The number of carboxylic acid groups (broad SMARTS) is 1. The quantitative estimate of drug-likeness (QED) is 0.632. The summed E-state index contributed by atoms with van der Waals surface area (Å²) in [6, 6.07) is 0. The molecule has 1 radical (unpaired) electrons. The summed E-state index contributed by atoms with van der Waals surface area (Å²) in [5, 5.41) is 8.47. The minimum absolute atomic E-state index is 0.157. The van der Waals surface area contributed by atoms with Gasteiger partial charge in [-0.3, -0.25) is 10.5 Å².